The number of rotatable bonds is 8. The van der Waals surface area contributed by atoms with Gasteiger partial charge in [-0.1, -0.05) is 91.0 Å². The second-order valence-electron chi connectivity index (χ2n) is 10.7. The normalized spacial score (nSPS) is 11.3. The number of methoxy groups -OCH3 is 1. The molecule has 0 aliphatic rings. The number of hydrogen-bond acceptors (Lipinski definition) is 5. The zero-order valence-corrected chi connectivity index (χ0v) is 25.3. The number of nitrogens with two attached hydrogens (primary N) is 1. The maximum Gasteiger partial charge on any atom is 0.141 e. The van der Waals surface area contributed by atoms with E-state index < -0.39 is 0 Å². The molecule has 5 aromatic carbocycles. The molecule has 6 rings (SSSR count). The first kappa shape index (κ1) is 29.6. The Kier molecular flexibility index (Phi) is 8.68. The third-order valence-electron chi connectivity index (χ3n) is 8.00. The Hall–Kier alpha value is -6.43. The van der Waals surface area contributed by atoms with Crippen LogP contribution >= 0.6 is 0 Å². The van der Waals surface area contributed by atoms with Gasteiger partial charge in [0.25, 0.3) is 0 Å². The van der Waals surface area contributed by atoms with Crippen LogP contribution in [0.4, 0.5) is 0 Å². The van der Waals surface area contributed by atoms with E-state index >= 15 is 0 Å². The first-order valence-corrected chi connectivity index (χ1v) is 14.9. The van der Waals surface area contributed by atoms with E-state index in [1.54, 1.807) is 13.3 Å². The molecule has 5 heteroatoms. The predicted molar refractivity (Wildman–Crippen MR) is 186 cm³/mol. The molecule has 0 aliphatic carbocycles. The van der Waals surface area contributed by atoms with E-state index in [1.165, 1.54) is 6.20 Å². The maximum absolute atomic E-state index is 9.34. The highest BCUT2D eigenvalue weighted by Crippen LogP contribution is 2.43. The highest BCUT2D eigenvalue weighted by Gasteiger charge is 2.16. The molecule has 1 aromatic heterocycles. The lowest BCUT2D eigenvalue weighted by atomic mass is 9.89. The molecule has 0 saturated heterocycles. The Morgan fingerprint density at radius 3 is 2.17 bits per heavy atom. The highest BCUT2D eigenvalue weighted by molar-refractivity contribution is 6.07. The molecule has 1 heterocycles. The highest BCUT2D eigenvalue weighted by atomic mass is 16.5. The third-order valence-corrected chi connectivity index (χ3v) is 8.00. The second-order valence-corrected chi connectivity index (χ2v) is 10.7. The van der Waals surface area contributed by atoms with Gasteiger partial charge >= 0.3 is 0 Å². The summed E-state index contributed by atoms with van der Waals surface area (Å²) >= 11 is 0. The molecule has 0 saturated carbocycles. The van der Waals surface area contributed by atoms with Crippen molar-refractivity contribution in [3.63, 3.8) is 0 Å². The number of nitriles is 2. The van der Waals surface area contributed by atoms with Gasteiger partial charge in [-0.25, -0.2) is 4.98 Å². The Labute approximate surface area is 268 Å². The van der Waals surface area contributed by atoms with Crippen molar-refractivity contribution >= 4 is 16.3 Å². The summed E-state index contributed by atoms with van der Waals surface area (Å²) in [6, 6.07) is 43.6. The number of allylic oxidation sites excluding steroid dienone is 3. The number of aromatic nitrogens is 1. The zero-order valence-electron chi connectivity index (χ0n) is 25.3. The van der Waals surface area contributed by atoms with Crippen LogP contribution < -0.4 is 10.5 Å². The van der Waals surface area contributed by atoms with Crippen molar-refractivity contribution < 1.29 is 4.74 Å². The van der Waals surface area contributed by atoms with E-state index in [-0.39, 0.29) is 0 Å². The van der Waals surface area contributed by atoms with Crippen molar-refractivity contribution in [3.05, 3.63) is 151 Å². The van der Waals surface area contributed by atoms with Crippen LogP contribution in [0.25, 0.3) is 60.9 Å². The SMILES string of the molecule is COc1cc(-c2cccc(-c3ccnc(C#N)c3)c2)c2ccccc2c1-c1ccc(-c2cccc(C(/C=C\N)=C/CC#N)c2)cc1. The van der Waals surface area contributed by atoms with Gasteiger partial charge in [0.1, 0.15) is 17.5 Å². The number of pyridine rings is 1. The van der Waals surface area contributed by atoms with Crippen LogP contribution in [0.3, 0.4) is 0 Å². The van der Waals surface area contributed by atoms with Gasteiger partial charge in [-0.05, 0) is 103 Å². The lowest BCUT2D eigenvalue weighted by Gasteiger charge is -2.17. The van der Waals surface area contributed by atoms with E-state index in [0.717, 1.165) is 72.2 Å². The summed E-state index contributed by atoms with van der Waals surface area (Å²) in [4.78, 5) is 4.12. The van der Waals surface area contributed by atoms with Gasteiger partial charge in [0.15, 0.2) is 0 Å². The predicted octanol–water partition coefficient (Wildman–Crippen LogP) is 9.55. The molecule has 0 radical (unpaired) electrons. The molecule has 46 heavy (non-hydrogen) atoms. The molecule has 6 aromatic rings. The summed E-state index contributed by atoms with van der Waals surface area (Å²) in [6.45, 7) is 0. The first-order valence-electron chi connectivity index (χ1n) is 14.9. The average molecular weight is 595 g/mol. The molecule has 0 aliphatic heterocycles. The number of fused-ring (bicyclic) bond motifs is 1. The Balaban J connectivity index is 1.41. The number of benzene rings is 5. The third kappa shape index (κ3) is 5.99. The molecule has 0 spiro atoms. The fourth-order valence-electron chi connectivity index (χ4n) is 5.83. The second kappa shape index (κ2) is 13.5. The monoisotopic (exact) mass is 594 g/mol. The molecule has 0 unspecified atom stereocenters. The average Bonchev–Trinajstić information content (AvgIpc) is 3.13. The fourth-order valence-corrected chi connectivity index (χ4v) is 5.83. The van der Waals surface area contributed by atoms with Crippen molar-refractivity contribution in [3.8, 4) is 62.4 Å². The molecule has 0 fully saturated rings. The molecule has 2 N–H and O–H groups in total. The van der Waals surface area contributed by atoms with E-state index in [2.05, 4.69) is 96.0 Å². The minimum Gasteiger partial charge on any atom is -0.496 e. The van der Waals surface area contributed by atoms with Gasteiger partial charge in [0, 0.05) is 11.8 Å². The van der Waals surface area contributed by atoms with E-state index in [4.69, 9.17) is 15.7 Å². The van der Waals surface area contributed by atoms with Gasteiger partial charge in [0.2, 0.25) is 0 Å². The van der Waals surface area contributed by atoms with Gasteiger partial charge < -0.3 is 10.5 Å². The van der Waals surface area contributed by atoms with Gasteiger partial charge in [0.05, 0.1) is 19.6 Å². The minimum atomic E-state index is 0.312. The van der Waals surface area contributed by atoms with Gasteiger partial charge in [-0.15, -0.1) is 0 Å². The molecule has 5 nitrogen and oxygen atoms in total. The molecular weight excluding hydrogens is 564 g/mol. The number of hydrogen-bond donors (Lipinski definition) is 1. The first-order chi connectivity index (χ1) is 22.6. The van der Waals surface area contributed by atoms with Crippen molar-refractivity contribution in [2.24, 2.45) is 5.73 Å². The molecule has 0 bridgehead atoms. The van der Waals surface area contributed by atoms with Crippen LogP contribution in [0.1, 0.15) is 17.7 Å². The van der Waals surface area contributed by atoms with Crippen LogP contribution in [0.15, 0.2) is 140 Å². The van der Waals surface area contributed by atoms with Crippen LogP contribution in [-0.4, -0.2) is 12.1 Å². The van der Waals surface area contributed by atoms with E-state index in [9.17, 15) is 5.26 Å². The summed E-state index contributed by atoms with van der Waals surface area (Å²) in [5.74, 6) is 0.783. The molecule has 220 valence electrons. The summed E-state index contributed by atoms with van der Waals surface area (Å²) in [5, 5.41) is 20.6. The Morgan fingerprint density at radius 1 is 0.739 bits per heavy atom. The lowest BCUT2D eigenvalue weighted by molar-refractivity contribution is 0.417. The summed E-state index contributed by atoms with van der Waals surface area (Å²) in [5.41, 5.74) is 16.3. The lowest BCUT2D eigenvalue weighted by Crippen LogP contribution is -1.93. The Morgan fingerprint density at radius 2 is 1.43 bits per heavy atom. The zero-order chi connectivity index (χ0) is 31.9. The Bertz CT molecular complexity index is 2200. The van der Waals surface area contributed by atoms with Crippen LogP contribution in [0.2, 0.25) is 0 Å². The quantitative estimate of drug-likeness (QED) is 0.177. The molecular formula is C41H30N4O. The van der Waals surface area contributed by atoms with Gasteiger partial charge in [-0.2, -0.15) is 10.5 Å². The van der Waals surface area contributed by atoms with Gasteiger partial charge in [-0.3, -0.25) is 0 Å². The number of ether oxygens (including phenoxy) is 1. The van der Waals surface area contributed by atoms with Crippen LogP contribution in [0, 0.1) is 22.7 Å². The molecule has 0 atom stereocenters. The minimum absolute atomic E-state index is 0.312. The molecule has 0 amide bonds. The topological polar surface area (TPSA) is 95.7 Å². The van der Waals surface area contributed by atoms with E-state index in [0.29, 0.717) is 12.1 Å². The summed E-state index contributed by atoms with van der Waals surface area (Å²) < 4.78 is 6.04. The van der Waals surface area contributed by atoms with E-state index in [1.807, 2.05) is 48.6 Å². The maximum atomic E-state index is 9.34. The van der Waals surface area contributed by atoms with Crippen molar-refractivity contribution in [2.75, 3.05) is 7.11 Å². The standard InChI is InChI=1S/C41H30N4O/c1-46-40-26-39(35-10-5-9-33(24-35)34-19-22-45-36(25-34)27-44)37-12-2-3-13-38(37)41(40)30-16-14-29(15-17-30)32-8-4-7-31(23-32)28(18-21-43)11-6-20-42/h2-5,7-19,21-26H,6,43H2,1H3/b21-18-,28-11+. The van der Waals surface area contributed by atoms with Crippen LogP contribution in [0.5, 0.6) is 5.75 Å². The van der Waals surface area contributed by atoms with Crippen molar-refractivity contribution in [1.29, 1.82) is 10.5 Å². The largest absolute Gasteiger partial charge is 0.496 e. The van der Waals surface area contributed by atoms with Crippen LogP contribution in [-0.2, 0) is 0 Å². The summed E-state index contributed by atoms with van der Waals surface area (Å²) in [7, 11) is 1.71. The van der Waals surface area contributed by atoms with Crippen molar-refractivity contribution in [2.45, 2.75) is 6.42 Å². The number of nitrogens with zero attached hydrogens (tertiary/aromatic N) is 3. The fraction of sp³-hybridized carbons (Fsp3) is 0.0488. The van der Waals surface area contributed by atoms with Crippen molar-refractivity contribution in [1.82, 2.24) is 4.98 Å². The summed E-state index contributed by atoms with van der Waals surface area (Å²) in [6.07, 6.45) is 7.18. The smallest absolute Gasteiger partial charge is 0.141 e.